The Bertz CT molecular complexity index is 1520. The second kappa shape index (κ2) is 9.02. The molecule has 6 rings (SSSR count). The van der Waals surface area contributed by atoms with Crippen molar-refractivity contribution in [3.63, 3.8) is 0 Å². The number of amides is 3. The molecule has 3 aromatic rings. The highest BCUT2D eigenvalue weighted by atomic mass is 19.1. The molecule has 1 spiro atoms. The number of aromatic hydroxyl groups is 1. The van der Waals surface area contributed by atoms with Gasteiger partial charge in [0, 0.05) is 17.3 Å². The number of carbonyl (C=O) groups excluding carboxylic acids is 4. The number of hydrogen-bond acceptors (Lipinski definition) is 7. The number of halogens is 1. The number of anilines is 2. The Hall–Kier alpha value is -4.57. The van der Waals surface area contributed by atoms with E-state index < -0.39 is 52.9 Å². The second-order valence-corrected chi connectivity index (χ2v) is 9.86. The number of esters is 1. The fraction of sp³-hybridized carbons (Fsp3) is 0.241. The van der Waals surface area contributed by atoms with Gasteiger partial charge in [-0.2, -0.15) is 0 Å². The first-order chi connectivity index (χ1) is 18.7. The average molecular weight is 530 g/mol. The molecular formula is C29H24FN3O6. The van der Waals surface area contributed by atoms with Gasteiger partial charge in [-0.25, -0.2) is 14.1 Å². The van der Waals surface area contributed by atoms with Crippen LogP contribution in [0.25, 0.3) is 0 Å². The number of imide groups is 1. The maximum atomic E-state index is 14.4. The maximum absolute atomic E-state index is 14.4. The van der Waals surface area contributed by atoms with Gasteiger partial charge in [-0.05, 0) is 73.5 Å². The fourth-order valence-corrected chi connectivity index (χ4v) is 6.05. The van der Waals surface area contributed by atoms with Crippen LogP contribution in [0.2, 0.25) is 0 Å². The molecule has 0 aromatic heterocycles. The zero-order valence-electron chi connectivity index (χ0n) is 20.8. The minimum atomic E-state index is -1.66. The van der Waals surface area contributed by atoms with Crippen LogP contribution in [-0.2, 0) is 31.1 Å². The summed E-state index contributed by atoms with van der Waals surface area (Å²) in [4.78, 5) is 54.7. The van der Waals surface area contributed by atoms with Crippen molar-refractivity contribution in [1.82, 2.24) is 5.32 Å². The van der Waals surface area contributed by atoms with Crippen molar-refractivity contribution < 1.29 is 33.4 Å². The van der Waals surface area contributed by atoms with Crippen molar-refractivity contribution in [1.29, 1.82) is 0 Å². The van der Waals surface area contributed by atoms with Gasteiger partial charge in [0.1, 0.15) is 17.1 Å². The molecule has 0 radical (unpaired) electrons. The molecule has 3 aliphatic rings. The summed E-state index contributed by atoms with van der Waals surface area (Å²) in [5.41, 5.74) is 0.283. The smallest absolute Gasteiger partial charge is 0.338 e. The molecule has 4 atom stereocenters. The molecular weight excluding hydrogens is 505 g/mol. The first-order valence-electron chi connectivity index (χ1n) is 12.6. The predicted octanol–water partition coefficient (Wildman–Crippen LogP) is 2.88. The highest BCUT2D eigenvalue weighted by molar-refractivity contribution is 6.25. The molecule has 3 amide bonds. The summed E-state index contributed by atoms with van der Waals surface area (Å²) in [5, 5.41) is 15.7. The molecule has 3 N–H and O–H groups in total. The van der Waals surface area contributed by atoms with Gasteiger partial charge in [0.05, 0.1) is 29.7 Å². The molecule has 0 aliphatic carbocycles. The molecule has 3 aromatic carbocycles. The Balaban J connectivity index is 1.43. The first kappa shape index (κ1) is 24.7. The Morgan fingerprint density at radius 3 is 2.44 bits per heavy atom. The Labute approximate surface area is 222 Å². The summed E-state index contributed by atoms with van der Waals surface area (Å²) in [6.45, 7) is 1.89. The number of rotatable bonds is 5. The average Bonchev–Trinajstić information content (AvgIpc) is 3.50. The lowest BCUT2D eigenvalue weighted by Crippen LogP contribution is -2.53. The number of ether oxygens (including phenoxy) is 1. The van der Waals surface area contributed by atoms with Crippen molar-refractivity contribution >= 4 is 35.1 Å². The molecule has 0 unspecified atom stereocenters. The van der Waals surface area contributed by atoms with Gasteiger partial charge in [-0.15, -0.1) is 0 Å². The van der Waals surface area contributed by atoms with E-state index >= 15 is 0 Å². The SMILES string of the molecule is CCOC(=O)c1ccc(N2C(=O)[C@H]3[C@@H](C2=O)[C@@]2(N[C@@H]3Cc3ccc(O)cc3)C(=O)Nc3ccc(F)cc32)cc1. The number of hydrogen-bond donors (Lipinski definition) is 3. The molecule has 0 saturated carbocycles. The zero-order valence-corrected chi connectivity index (χ0v) is 20.8. The van der Waals surface area contributed by atoms with Gasteiger partial charge in [-0.3, -0.25) is 19.7 Å². The number of nitrogens with zero attached hydrogens (tertiary/aromatic N) is 1. The van der Waals surface area contributed by atoms with E-state index in [9.17, 15) is 28.7 Å². The van der Waals surface area contributed by atoms with E-state index in [1.54, 1.807) is 19.1 Å². The van der Waals surface area contributed by atoms with Crippen LogP contribution in [0.4, 0.5) is 15.8 Å². The van der Waals surface area contributed by atoms with Crippen LogP contribution in [0.3, 0.4) is 0 Å². The van der Waals surface area contributed by atoms with E-state index in [2.05, 4.69) is 10.6 Å². The van der Waals surface area contributed by atoms with Crippen LogP contribution in [0.1, 0.15) is 28.4 Å². The molecule has 3 aliphatic heterocycles. The number of fused-ring (bicyclic) bond motifs is 4. The van der Waals surface area contributed by atoms with Crippen LogP contribution < -0.4 is 15.5 Å². The van der Waals surface area contributed by atoms with E-state index in [-0.39, 0.29) is 35.6 Å². The van der Waals surface area contributed by atoms with Crippen molar-refractivity contribution in [2.24, 2.45) is 11.8 Å². The fourth-order valence-electron chi connectivity index (χ4n) is 6.05. The lowest BCUT2D eigenvalue weighted by molar-refractivity contribution is -0.130. The molecule has 10 heteroatoms. The number of nitrogens with one attached hydrogen (secondary N) is 2. The third-order valence-corrected chi connectivity index (χ3v) is 7.71. The van der Waals surface area contributed by atoms with Gasteiger partial charge in [0.25, 0.3) is 0 Å². The first-order valence-corrected chi connectivity index (χ1v) is 12.6. The highest BCUT2D eigenvalue weighted by Gasteiger charge is 2.70. The lowest BCUT2D eigenvalue weighted by Gasteiger charge is -2.29. The van der Waals surface area contributed by atoms with Crippen molar-refractivity contribution in [2.45, 2.75) is 24.9 Å². The third kappa shape index (κ3) is 3.70. The standard InChI is InChI=1S/C29H24FN3O6/c1-2-39-27(37)16-5-8-18(9-6-16)33-25(35)23-22(13-15-3-10-19(34)11-4-15)32-29(24(23)26(33)36)20-14-17(30)7-12-21(20)31-28(29)38/h3-12,14,22-24,32,34H,2,13H2,1H3,(H,31,38)/t22-,23-,24+,29-/m1/s1. The zero-order chi connectivity index (χ0) is 27.5. The Morgan fingerprint density at radius 1 is 1.03 bits per heavy atom. The number of benzene rings is 3. The summed E-state index contributed by atoms with van der Waals surface area (Å²) in [6.07, 6.45) is 0.274. The normalized spacial score (nSPS) is 25.1. The van der Waals surface area contributed by atoms with E-state index in [1.165, 1.54) is 54.6 Å². The molecule has 2 fully saturated rings. The number of phenols is 1. The van der Waals surface area contributed by atoms with Gasteiger partial charge >= 0.3 is 5.97 Å². The summed E-state index contributed by atoms with van der Waals surface area (Å²) < 4.78 is 19.4. The van der Waals surface area contributed by atoms with Crippen molar-refractivity contribution in [2.75, 3.05) is 16.8 Å². The number of phenolic OH excluding ortho intramolecular Hbond substituents is 1. The van der Waals surface area contributed by atoms with Crippen LogP contribution in [0.15, 0.2) is 66.7 Å². The molecule has 3 heterocycles. The molecule has 9 nitrogen and oxygen atoms in total. The highest BCUT2D eigenvalue weighted by Crippen LogP contribution is 2.54. The van der Waals surface area contributed by atoms with Gasteiger partial charge in [0.2, 0.25) is 17.7 Å². The topological polar surface area (TPSA) is 125 Å². The summed E-state index contributed by atoms with van der Waals surface area (Å²) in [7, 11) is 0. The summed E-state index contributed by atoms with van der Waals surface area (Å²) in [6, 6.07) is 15.6. The monoisotopic (exact) mass is 529 g/mol. The Morgan fingerprint density at radius 2 is 1.74 bits per heavy atom. The van der Waals surface area contributed by atoms with Crippen LogP contribution in [0, 0.1) is 17.7 Å². The molecule has 198 valence electrons. The largest absolute Gasteiger partial charge is 0.508 e. The van der Waals surface area contributed by atoms with Crippen molar-refractivity contribution in [3.05, 3.63) is 89.2 Å². The molecule has 0 bridgehead atoms. The second-order valence-electron chi connectivity index (χ2n) is 9.86. The quantitative estimate of drug-likeness (QED) is 0.343. The van der Waals surface area contributed by atoms with Gasteiger partial charge < -0.3 is 15.2 Å². The van der Waals surface area contributed by atoms with Crippen LogP contribution >= 0.6 is 0 Å². The minimum absolute atomic E-state index is 0.0802. The molecule has 39 heavy (non-hydrogen) atoms. The van der Waals surface area contributed by atoms with Gasteiger partial charge in [-0.1, -0.05) is 12.1 Å². The minimum Gasteiger partial charge on any atom is -0.508 e. The summed E-state index contributed by atoms with van der Waals surface area (Å²) >= 11 is 0. The lowest BCUT2D eigenvalue weighted by atomic mass is 9.76. The van der Waals surface area contributed by atoms with E-state index in [0.29, 0.717) is 5.69 Å². The van der Waals surface area contributed by atoms with E-state index in [0.717, 1.165) is 10.5 Å². The van der Waals surface area contributed by atoms with Crippen LogP contribution in [-0.4, -0.2) is 41.4 Å². The third-order valence-electron chi connectivity index (χ3n) is 7.71. The van der Waals surface area contributed by atoms with E-state index in [4.69, 9.17) is 4.74 Å². The van der Waals surface area contributed by atoms with Crippen molar-refractivity contribution in [3.8, 4) is 5.75 Å². The molecule has 2 saturated heterocycles. The predicted molar refractivity (Wildman–Crippen MR) is 137 cm³/mol. The van der Waals surface area contributed by atoms with Gasteiger partial charge in [0.15, 0.2) is 0 Å². The Kier molecular flexibility index (Phi) is 5.72. The van der Waals surface area contributed by atoms with Crippen LogP contribution in [0.5, 0.6) is 5.75 Å². The van der Waals surface area contributed by atoms with E-state index in [1.807, 2.05) is 0 Å². The maximum Gasteiger partial charge on any atom is 0.338 e. The number of carbonyl (C=O) groups is 4. The summed E-state index contributed by atoms with van der Waals surface area (Å²) in [5.74, 6) is -4.73.